The molecule has 3 rings (SSSR count). The molecule has 0 saturated heterocycles. The summed E-state index contributed by atoms with van der Waals surface area (Å²) in [7, 11) is 0. The Balaban J connectivity index is 1.50. The average Bonchev–Trinajstić information content (AvgIpc) is 2.80. The fraction of sp³-hybridized carbons (Fsp3) is 0.269. The third-order valence-corrected chi connectivity index (χ3v) is 4.99. The molecule has 7 heteroatoms. The van der Waals surface area contributed by atoms with Crippen LogP contribution >= 0.6 is 0 Å². The molecular formula is C26H29N3O4. The highest BCUT2D eigenvalue weighted by Gasteiger charge is 2.08. The summed E-state index contributed by atoms with van der Waals surface area (Å²) in [5.41, 5.74) is 6.79. The van der Waals surface area contributed by atoms with E-state index in [4.69, 9.17) is 9.47 Å². The number of nitrogens with zero attached hydrogens (tertiary/aromatic N) is 2. The number of aryl methyl sites for hydroxylation is 1. The lowest BCUT2D eigenvalue weighted by molar-refractivity contribution is -0.384. The summed E-state index contributed by atoms with van der Waals surface area (Å²) in [6.45, 7) is 7.48. The minimum atomic E-state index is -0.435. The zero-order valence-electron chi connectivity index (χ0n) is 19.2. The number of non-ortho nitro benzene ring substituents is 1. The maximum Gasteiger partial charge on any atom is 0.269 e. The molecule has 0 saturated carbocycles. The van der Waals surface area contributed by atoms with Gasteiger partial charge in [-0.1, -0.05) is 38.1 Å². The number of ether oxygens (including phenoxy) is 2. The highest BCUT2D eigenvalue weighted by Crippen LogP contribution is 2.27. The molecule has 0 bridgehead atoms. The second-order valence-electron chi connectivity index (χ2n) is 7.96. The van der Waals surface area contributed by atoms with Gasteiger partial charge < -0.3 is 9.47 Å². The van der Waals surface area contributed by atoms with E-state index in [1.54, 1.807) is 18.3 Å². The Hall–Kier alpha value is -3.87. The molecule has 1 N–H and O–H groups in total. The lowest BCUT2D eigenvalue weighted by atomic mass is 10.0. The first-order chi connectivity index (χ1) is 15.9. The van der Waals surface area contributed by atoms with Gasteiger partial charge in [-0.3, -0.25) is 15.5 Å². The number of rotatable bonds is 11. The van der Waals surface area contributed by atoms with E-state index in [1.165, 1.54) is 23.3 Å². The highest BCUT2D eigenvalue weighted by atomic mass is 16.6. The topological polar surface area (TPSA) is 86.0 Å². The van der Waals surface area contributed by atoms with Gasteiger partial charge in [0.05, 0.1) is 30.0 Å². The van der Waals surface area contributed by atoms with Crippen molar-refractivity contribution >= 4 is 17.6 Å². The zero-order valence-corrected chi connectivity index (χ0v) is 19.2. The maximum atomic E-state index is 10.7. The van der Waals surface area contributed by atoms with E-state index in [0.717, 1.165) is 23.5 Å². The third-order valence-electron chi connectivity index (χ3n) is 4.99. The van der Waals surface area contributed by atoms with Gasteiger partial charge in [0.15, 0.2) is 0 Å². The monoisotopic (exact) mass is 447 g/mol. The van der Waals surface area contributed by atoms with Gasteiger partial charge in [0.1, 0.15) is 11.5 Å². The minimum Gasteiger partial charge on any atom is -0.493 e. The number of para-hydroxylation sites is 1. The summed E-state index contributed by atoms with van der Waals surface area (Å²) < 4.78 is 12.0. The van der Waals surface area contributed by atoms with Gasteiger partial charge in [-0.15, -0.1) is 0 Å². The number of nitro benzene ring substituents is 1. The molecule has 0 unspecified atom stereocenters. The van der Waals surface area contributed by atoms with Gasteiger partial charge in [0.2, 0.25) is 0 Å². The Morgan fingerprint density at radius 2 is 1.70 bits per heavy atom. The number of nitro groups is 1. The van der Waals surface area contributed by atoms with Crippen LogP contribution < -0.4 is 14.9 Å². The lowest BCUT2D eigenvalue weighted by Crippen LogP contribution is -2.07. The second-order valence-corrected chi connectivity index (χ2v) is 7.96. The molecule has 0 aliphatic heterocycles. The second kappa shape index (κ2) is 11.7. The molecule has 3 aromatic carbocycles. The van der Waals surface area contributed by atoms with Crippen LogP contribution in [0.1, 0.15) is 42.9 Å². The van der Waals surface area contributed by atoms with Crippen molar-refractivity contribution in [3.63, 3.8) is 0 Å². The average molecular weight is 448 g/mol. The SMILES string of the molecule is Cc1ccc(C(C)C)c(OCCCOc2ccccc2/C=N\Nc2ccc([N+](=O)[O-])cc2)c1. The maximum absolute atomic E-state index is 10.7. The molecule has 0 spiro atoms. The molecule has 0 atom stereocenters. The van der Waals surface area contributed by atoms with Crippen molar-refractivity contribution in [2.45, 2.75) is 33.1 Å². The van der Waals surface area contributed by atoms with Crippen LogP contribution in [-0.4, -0.2) is 24.4 Å². The molecule has 0 aliphatic carbocycles. The summed E-state index contributed by atoms with van der Waals surface area (Å²) in [5, 5.41) is 15.0. The Bertz CT molecular complexity index is 1090. The first kappa shape index (κ1) is 23.8. The van der Waals surface area contributed by atoms with Crippen LogP contribution in [0.5, 0.6) is 11.5 Å². The van der Waals surface area contributed by atoms with Gasteiger partial charge >= 0.3 is 0 Å². The van der Waals surface area contributed by atoms with E-state index < -0.39 is 4.92 Å². The zero-order chi connectivity index (χ0) is 23.6. The van der Waals surface area contributed by atoms with Crippen LogP contribution in [0.15, 0.2) is 71.8 Å². The van der Waals surface area contributed by atoms with E-state index in [-0.39, 0.29) is 5.69 Å². The van der Waals surface area contributed by atoms with Crippen molar-refractivity contribution in [1.82, 2.24) is 0 Å². The van der Waals surface area contributed by atoms with Gasteiger partial charge in [0.25, 0.3) is 5.69 Å². The van der Waals surface area contributed by atoms with Crippen molar-refractivity contribution in [1.29, 1.82) is 0 Å². The van der Waals surface area contributed by atoms with E-state index in [2.05, 4.69) is 49.5 Å². The molecule has 7 nitrogen and oxygen atoms in total. The van der Waals surface area contributed by atoms with Crippen LogP contribution in [0.3, 0.4) is 0 Å². The number of nitrogens with one attached hydrogen (secondary N) is 1. The molecule has 172 valence electrons. The molecule has 3 aromatic rings. The van der Waals surface area contributed by atoms with Gasteiger partial charge in [-0.2, -0.15) is 5.10 Å². The van der Waals surface area contributed by atoms with Crippen molar-refractivity contribution in [2.24, 2.45) is 5.10 Å². The highest BCUT2D eigenvalue weighted by molar-refractivity contribution is 5.84. The van der Waals surface area contributed by atoms with Crippen molar-refractivity contribution in [3.05, 3.63) is 93.5 Å². The molecule has 0 heterocycles. The van der Waals surface area contributed by atoms with Crippen LogP contribution in [-0.2, 0) is 0 Å². The fourth-order valence-electron chi connectivity index (χ4n) is 3.22. The van der Waals surface area contributed by atoms with Crippen molar-refractivity contribution < 1.29 is 14.4 Å². The van der Waals surface area contributed by atoms with Gasteiger partial charge in [-0.05, 0) is 54.3 Å². The standard InChI is InChI=1S/C26H29N3O4/c1-19(2)24-14-9-20(3)17-26(24)33-16-6-15-32-25-8-5-4-7-21(25)18-27-28-22-10-12-23(13-11-22)29(30)31/h4-5,7-14,17-19,28H,6,15-16H2,1-3H3/b27-18-. The third kappa shape index (κ3) is 7.07. The summed E-state index contributed by atoms with van der Waals surface area (Å²) >= 11 is 0. The number of benzene rings is 3. The number of hydrogen-bond donors (Lipinski definition) is 1. The Morgan fingerprint density at radius 3 is 2.39 bits per heavy atom. The van der Waals surface area contributed by atoms with Crippen LogP contribution in [0.25, 0.3) is 0 Å². The molecule has 0 amide bonds. The predicted molar refractivity (Wildman–Crippen MR) is 132 cm³/mol. The normalized spacial score (nSPS) is 11.0. The Kier molecular flexibility index (Phi) is 8.41. The van der Waals surface area contributed by atoms with Crippen LogP contribution in [0.4, 0.5) is 11.4 Å². The van der Waals surface area contributed by atoms with E-state index in [0.29, 0.717) is 24.8 Å². The van der Waals surface area contributed by atoms with Crippen LogP contribution in [0, 0.1) is 17.0 Å². The smallest absolute Gasteiger partial charge is 0.269 e. The fourth-order valence-corrected chi connectivity index (χ4v) is 3.22. The Labute approximate surface area is 194 Å². The molecular weight excluding hydrogens is 418 g/mol. The summed E-state index contributed by atoms with van der Waals surface area (Å²) in [5.74, 6) is 2.07. The van der Waals surface area contributed by atoms with E-state index in [9.17, 15) is 10.1 Å². The summed E-state index contributed by atoms with van der Waals surface area (Å²) in [6.07, 6.45) is 2.41. The summed E-state index contributed by atoms with van der Waals surface area (Å²) in [4.78, 5) is 10.3. The first-order valence-corrected chi connectivity index (χ1v) is 10.9. The molecule has 0 fully saturated rings. The molecule has 33 heavy (non-hydrogen) atoms. The summed E-state index contributed by atoms with van der Waals surface area (Å²) in [6, 6.07) is 20.0. The number of hydrogen-bond acceptors (Lipinski definition) is 6. The largest absolute Gasteiger partial charge is 0.493 e. The van der Waals surface area contributed by atoms with Crippen molar-refractivity contribution in [3.8, 4) is 11.5 Å². The quantitative estimate of drug-likeness (QED) is 0.161. The molecule has 0 aliphatic rings. The Morgan fingerprint density at radius 1 is 1.00 bits per heavy atom. The minimum absolute atomic E-state index is 0.0371. The predicted octanol–water partition coefficient (Wildman–Crippen LogP) is 6.32. The molecule has 0 radical (unpaired) electrons. The van der Waals surface area contributed by atoms with Gasteiger partial charge in [0, 0.05) is 24.1 Å². The van der Waals surface area contributed by atoms with Gasteiger partial charge in [-0.25, -0.2) is 0 Å². The van der Waals surface area contributed by atoms with Crippen molar-refractivity contribution in [2.75, 3.05) is 18.6 Å². The number of hydrazone groups is 1. The molecule has 0 aromatic heterocycles. The first-order valence-electron chi connectivity index (χ1n) is 10.9. The van der Waals surface area contributed by atoms with E-state index >= 15 is 0 Å². The lowest BCUT2D eigenvalue weighted by Gasteiger charge is -2.15. The van der Waals surface area contributed by atoms with E-state index in [1.807, 2.05) is 24.3 Å². The van der Waals surface area contributed by atoms with Crippen LogP contribution in [0.2, 0.25) is 0 Å². The number of anilines is 1.